The summed E-state index contributed by atoms with van der Waals surface area (Å²) in [7, 11) is -4.21. The average Bonchev–Trinajstić information content (AvgIpc) is 1.59. The van der Waals surface area contributed by atoms with Crippen LogP contribution in [0.25, 0.3) is 0 Å². The number of aliphatic hydroxyl groups is 1. The normalized spacial score (nSPS) is 8.67. The molecule has 0 rings (SSSR count). The molecule has 0 aromatic rings. The second kappa shape index (κ2) is 5.23. The van der Waals surface area contributed by atoms with Crippen molar-refractivity contribution >= 4 is 10.1 Å². The van der Waals surface area contributed by atoms with Crippen molar-refractivity contribution in [3.05, 3.63) is 0 Å². The summed E-state index contributed by atoms with van der Waals surface area (Å²) in [5.41, 5.74) is 0. The first kappa shape index (κ1) is 12.1. The van der Waals surface area contributed by atoms with Crippen molar-refractivity contribution < 1.29 is 49.1 Å². The molecule has 0 fully saturated rings. The molecule has 0 radical (unpaired) electrons. The number of rotatable bonds is 0. The van der Waals surface area contributed by atoms with Crippen LogP contribution in [0.5, 0.6) is 0 Å². The smallest absolute Gasteiger partial charge is 1.00 e. The van der Waals surface area contributed by atoms with Crippen molar-refractivity contribution in [3.63, 3.8) is 0 Å². The summed E-state index contributed by atoms with van der Waals surface area (Å²) in [6.45, 7) is -0.570. The SMILES string of the molecule is O=S(=O)(O)C#CCO.[H-].[Na+]. The van der Waals surface area contributed by atoms with E-state index in [2.05, 4.69) is 0 Å². The minimum atomic E-state index is -4.21. The topological polar surface area (TPSA) is 74.6 Å². The summed E-state index contributed by atoms with van der Waals surface area (Å²) in [6.07, 6.45) is 0. The first-order valence-electron chi connectivity index (χ1n) is 1.64. The molecule has 0 heterocycles. The van der Waals surface area contributed by atoms with Crippen LogP contribution in [0.1, 0.15) is 1.43 Å². The van der Waals surface area contributed by atoms with Gasteiger partial charge in [0.15, 0.2) is 0 Å². The molecule has 0 bridgehead atoms. The first-order chi connectivity index (χ1) is 3.56. The van der Waals surface area contributed by atoms with E-state index in [4.69, 9.17) is 9.66 Å². The zero-order chi connectivity index (χ0) is 6.62. The van der Waals surface area contributed by atoms with E-state index >= 15 is 0 Å². The molecule has 0 amide bonds. The molecular formula is C3H5NaO4S. The first-order valence-corrected chi connectivity index (χ1v) is 3.08. The Labute approximate surface area is 76.8 Å². The van der Waals surface area contributed by atoms with E-state index in [0.29, 0.717) is 0 Å². The molecule has 0 aliphatic carbocycles. The van der Waals surface area contributed by atoms with Crippen LogP contribution in [-0.2, 0) is 10.1 Å². The Bertz CT molecular complexity index is 212. The molecule has 2 N–H and O–H groups in total. The van der Waals surface area contributed by atoms with Crippen LogP contribution < -0.4 is 29.6 Å². The van der Waals surface area contributed by atoms with Crippen molar-refractivity contribution in [2.24, 2.45) is 0 Å². The fourth-order valence-electron chi connectivity index (χ4n) is 0.123. The molecule has 48 valence electrons. The molecule has 9 heavy (non-hydrogen) atoms. The van der Waals surface area contributed by atoms with E-state index in [0.717, 1.165) is 0 Å². The largest absolute Gasteiger partial charge is 1.00 e. The Morgan fingerprint density at radius 3 is 2.11 bits per heavy atom. The Kier molecular flexibility index (Phi) is 7.06. The van der Waals surface area contributed by atoms with Gasteiger partial charge in [-0.1, -0.05) is 5.92 Å². The average molecular weight is 160 g/mol. The number of hydrogen-bond donors (Lipinski definition) is 2. The fraction of sp³-hybridized carbons (Fsp3) is 0.333. The van der Waals surface area contributed by atoms with Gasteiger partial charge in [0.25, 0.3) is 0 Å². The van der Waals surface area contributed by atoms with Crippen LogP contribution in [0.15, 0.2) is 0 Å². The van der Waals surface area contributed by atoms with E-state index in [1.807, 2.05) is 0 Å². The summed E-state index contributed by atoms with van der Waals surface area (Å²) < 4.78 is 27.2. The third-order valence-corrected chi connectivity index (χ3v) is 0.682. The van der Waals surface area contributed by atoms with Gasteiger partial charge in [0.1, 0.15) is 6.61 Å². The fourth-order valence-corrected chi connectivity index (χ4v) is 0.370. The zero-order valence-electron chi connectivity index (χ0n) is 5.83. The monoisotopic (exact) mass is 160 g/mol. The molecule has 0 unspecified atom stereocenters. The third-order valence-electron chi connectivity index (χ3n) is 0.280. The molecule has 0 atom stereocenters. The number of aliphatic hydroxyl groups excluding tert-OH is 1. The molecule has 0 spiro atoms. The Morgan fingerprint density at radius 2 is 2.00 bits per heavy atom. The van der Waals surface area contributed by atoms with Crippen molar-refractivity contribution in [2.75, 3.05) is 6.61 Å². The van der Waals surface area contributed by atoms with Crippen molar-refractivity contribution in [1.82, 2.24) is 0 Å². The summed E-state index contributed by atoms with van der Waals surface area (Å²) in [5.74, 6) is 1.76. The number of hydrogen-bond acceptors (Lipinski definition) is 3. The molecule has 4 nitrogen and oxygen atoms in total. The van der Waals surface area contributed by atoms with Gasteiger partial charge in [-0.25, -0.2) is 0 Å². The van der Waals surface area contributed by atoms with Crippen LogP contribution in [-0.4, -0.2) is 24.7 Å². The van der Waals surface area contributed by atoms with E-state index in [1.165, 1.54) is 5.25 Å². The van der Waals surface area contributed by atoms with E-state index in [-0.39, 0.29) is 31.0 Å². The maximum Gasteiger partial charge on any atom is 1.00 e. The molecule has 0 aliphatic rings. The second-order valence-electron chi connectivity index (χ2n) is 0.912. The van der Waals surface area contributed by atoms with Crippen molar-refractivity contribution in [2.45, 2.75) is 0 Å². The van der Waals surface area contributed by atoms with Gasteiger partial charge < -0.3 is 6.53 Å². The van der Waals surface area contributed by atoms with Gasteiger partial charge in [0.2, 0.25) is 0 Å². The maximum atomic E-state index is 9.66. The quantitative estimate of drug-likeness (QED) is 0.215. The summed E-state index contributed by atoms with van der Waals surface area (Å²) in [4.78, 5) is 0. The second-order valence-corrected chi connectivity index (χ2v) is 2.07. The van der Waals surface area contributed by atoms with Gasteiger partial charge in [-0.2, -0.15) is 8.42 Å². The van der Waals surface area contributed by atoms with Gasteiger partial charge in [-0.3, -0.25) is 4.55 Å². The van der Waals surface area contributed by atoms with Gasteiger partial charge in [-0.15, -0.1) is 0 Å². The van der Waals surface area contributed by atoms with Gasteiger partial charge in [0.05, 0.1) is 5.25 Å². The van der Waals surface area contributed by atoms with E-state index in [9.17, 15) is 8.42 Å². The molecule has 0 aliphatic heterocycles. The van der Waals surface area contributed by atoms with E-state index < -0.39 is 16.7 Å². The minimum Gasteiger partial charge on any atom is -1.00 e. The third kappa shape index (κ3) is 11.8. The predicted octanol–water partition coefficient (Wildman–Crippen LogP) is -4.06. The van der Waals surface area contributed by atoms with Crippen molar-refractivity contribution in [3.8, 4) is 11.2 Å². The van der Waals surface area contributed by atoms with Crippen molar-refractivity contribution in [1.29, 1.82) is 0 Å². The van der Waals surface area contributed by atoms with E-state index in [1.54, 1.807) is 5.92 Å². The van der Waals surface area contributed by atoms with Crippen LogP contribution >= 0.6 is 0 Å². The molecular weight excluding hydrogens is 155 g/mol. The van der Waals surface area contributed by atoms with Gasteiger partial charge >= 0.3 is 39.7 Å². The summed E-state index contributed by atoms with van der Waals surface area (Å²) in [6, 6.07) is 0. The van der Waals surface area contributed by atoms with Crippen LogP contribution in [0.2, 0.25) is 0 Å². The molecule has 0 saturated carbocycles. The van der Waals surface area contributed by atoms with Gasteiger partial charge in [0, 0.05) is 0 Å². The summed E-state index contributed by atoms with van der Waals surface area (Å²) in [5, 5.41) is 9.28. The molecule has 0 saturated heterocycles. The Morgan fingerprint density at radius 1 is 1.56 bits per heavy atom. The zero-order valence-corrected chi connectivity index (χ0v) is 7.64. The summed E-state index contributed by atoms with van der Waals surface area (Å²) >= 11 is 0. The van der Waals surface area contributed by atoms with Crippen LogP contribution in [0.3, 0.4) is 0 Å². The molecule has 6 heteroatoms. The molecule has 0 aromatic heterocycles. The Balaban J connectivity index is -0.000000245. The van der Waals surface area contributed by atoms with Crippen LogP contribution in [0.4, 0.5) is 0 Å². The standard InChI is InChI=1S/C3H4O4S.Na.H/c4-2-1-3-8(5,6)7;;/h4H,2H2,(H,5,6,7);;/q;+1;-1. The minimum absolute atomic E-state index is 0. The Hall–Kier alpha value is 0.430. The predicted molar refractivity (Wildman–Crippen MR) is 27.5 cm³/mol. The maximum absolute atomic E-state index is 9.66. The van der Waals surface area contributed by atoms with Gasteiger partial charge in [-0.05, 0) is 0 Å². The van der Waals surface area contributed by atoms with Crippen LogP contribution in [0, 0.1) is 11.2 Å². The molecule has 0 aromatic carbocycles.